The van der Waals surface area contributed by atoms with Crippen LogP contribution in [0.25, 0.3) is 0 Å². The lowest BCUT2D eigenvalue weighted by molar-refractivity contribution is -0.153. The topological polar surface area (TPSA) is 147 Å². The van der Waals surface area contributed by atoms with Gasteiger partial charge in [0.05, 0.1) is 41.5 Å². The quantitative estimate of drug-likeness (QED) is 0.168. The highest BCUT2D eigenvalue weighted by Gasteiger charge is 2.79. The highest BCUT2D eigenvalue weighted by atomic mass is 16.6. The highest BCUT2D eigenvalue weighted by molar-refractivity contribution is 5.76. The molecule has 9 heteroatoms. The number of hydrogen-bond donors (Lipinski definition) is 4. The third-order valence-corrected chi connectivity index (χ3v) is 20.8. The number of rotatable bonds is 1. The van der Waals surface area contributed by atoms with Crippen LogP contribution >= 0.6 is 0 Å². The van der Waals surface area contributed by atoms with Gasteiger partial charge in [0.2, 0.25) is 0 Å². The lowest BCUT2D eigenvalue weighted by atomic mass is 9.45. The fourth-order valence-electron chi connectivity index (χ4n) is 18.6. The van der Waals surface area contributed by atoms with Gasteiger partial charge in [0, 0.05) is 35.5 Å². The number of furan rings is 1. The van der Waals surface area contributed by atoms with Gasteiger partial charge in [-0.2, -0.15) is 0 Å². The Kier molecular flexibility index (Phi) is 8.26. The van der Waals surface area contributed by atoms with Gasteiger partial charge in [0.25, 0.3) is 0 Å². The number of aliphatic hydroxyl groups excluding tert-OH is 1. The Balaban J connectivity index is 0.000000148. The molecule has 4 N–H and O–H groups in total. The molecule has 20 atom stereocenters. The van der Waals surface area contributed by atoms with E-state index in [4.69, 9.17) is 13.9 Å². The van der Waals surface area contributed by atoms with E-state index in [1.54, 1.807) is 0 Å². The number of carbonyl (C=O) groups is 2. The summed E-state index contributed by atoms with van der Waals surface area (Å²) in [6, 6.07) is 2.21. The van der Waals surface area contributed by atoms with Crippen LogP contribution in [0.1, 0.15) is 136 Å². The Morgan fingerprint density at radius 1 is 0.831 bits per heavy atom. The maximum absolute atomic E-state index is 13.0. The third-order valence-electron chi connectivity index (χ3n) is 20.8. The molecule has 1 aromatic rings. The summed E-state index contributed by atoms with van der Waals surface area (Å²) in [5, 5.41) is 44.8. The molecule has 9 nitrogen and oxygen atoms in total. The van der Waals surface area contributed by atoms with Crippen molar-refractivity contribution in [1.82, 2.24) is 0 Å². The Labute approximate surface area is 349 Å². The van der Waals surface area contributed by atoms with E-state index in [0.717, 1.165) is 44.1 Å². The molecule has 0 unspecified atom stereocenters. The van der Waals surface area contributed by atoms with E-state index in [-0.39, 0.29) is 89.4 Å². The highest BCUT2D eigenvalue weighted by Crippen LogP contribution is 2.78. The lowest BCUT2D eigenvalue weighted by Crippen LogP contribution is -2.51. The molecule has 2 saturated heterocycles. The maximum atomic E-state index is 13.0. The molecule has 12 rings (SSSR count). The van der Waals surface area contributed by atoms with E-state index in [9.17, 15) is 30.0 Å². The van der Waals surface area contributed by atoms with Crippen LogP contribution in [0.4, 0.5) is 0 Å². The summed E-state index contributed by atoms with van der Waals surface area (Å²) in [6.45, 7) is 14.7. The average molecular weight is 813 g/mol. The summed E-state index contributed by atoms with van der Waals surface area (Å²) in [5.41, 5.74) is 2.49. The van der Waals surface area contributed by atoms with E-state index in [0.29, 0.717) is 36.0 Å². The Morgan fingerprint density at radius 3 is 2.31 bits per heavy atom. The molecular weight excluding hydrogens is 745 g/mol. The summed E-state index contributed by atoms with van der Waals surface area (Å²) < 4.78 is 18.1. The van der Waals surface area contributed by atoms with Gasteiger partial charge < -0.3 is 34.3 Å². The second-order valence-electron chi connectivity index (χ2n) is 23.1. The van der Waals surface area contributed by atoms with Crippen molar-refractivity contribution >= 4 is 11.9 Å². The lowest BCUT2D eigenvalue weighted by Gasteiger charge is -2.59. The van der Waals surface area contributed by atoms with Crippen molar-refractivity contribution in [2.45, 2.75) is 160 Å². The SMILES string of the molecule is CC1=C[C@@H]2[C@H]3[C@H](C(C)=C4[C@H]5OC(=O)[C@@H](C)[C@@H]5CC[C@](C)(O)[C@@H]43)[C@@]13[C@@H]2[C@@](C)(O)CC[C@H]1[C@H](C)C(=O)O[C@@H]13.C[C@@]12CCc3occc3[C@H]1CC[C@@]13C[C@@H](CC[C@H]12)[C@@](O)(CO)C3. The molecule has 0 amide bonds. The molecule has 3 heterocycles. The van der Waals surface area contributed by atoms with Gasteiger partial charge >= 0.3 is 11.9 Å². The first kappa shape index (κ1) is 39.4. The Morgan fingerprint density at radius 2 is 1.54 bits per heavy atom. The van der Waals surface area contributed by atoms with Gasteiger partial charge in [-0.25, -0.2) is 0 Å². The maximum Gasteiger partial charge on any atom is 0.309 e. The monoisotopic (exact) mass is 812 g/mol. The number of carbonyl (C=O) groups excluding carboxylic acids is 2. The van der Waals surface area contributed by atoms with Gasteiger partial charge in [-0.3, -0.25) is 9.59 Å². The standard InChI is InChI=1S/C30H40O6.C20H28O3/c1-12-11-18-20-21(30(12)24(18)29(6,34)10-8-17-14(3)27(32)36-25(17)30)15(4)19-22(20)28(5,33)9-7-16-13(2)26(31)35-23(16)19;1-18-7-5-16-14(6-9-23-16)15(18)4-8-19-10-13(2-3-17(18)19)20(22,11-19)12-21/h11,13-14,16-18,20-25,33-34H,7-10H2,1-6H3;6,9,13,15,17,21-22H,2-5,7-8,10-12H2,1H3/t13-,14-,16-,17-,18+,20-,21-,22-,23-,24-,25-,28-,29-,30+;13-,15-,17+,18-,19+,20+/m01/s1. The molecule has 9 aliphatic carbocycles. The van der Waals surface area contributed by atoms with Crippen molar-refractivity contribution in [2.24, 2.45) is 81.3 Å². The summed E-state index contributed by atoms with van der Waals surface area (Å²) >= 11 is 0. The predicted molar refractivity (Wildman–Crippen MR) is 218 cm³/mol. The first-order valence-electron chi connectivity index (χ1n) is 23.5. The summed E-state index contributed by atoms with van der Waals surface area (Å²) in [5.74, 6) is 2.39. The summed E-state index contributed by atoms with van der Waals surface area (Å²) in [7, 11) is 0. The van der Waals surface area contributed by atoms with E-state index in [1.807, 2.05) is 34.0 Å². The van der Waals surface area contributed by atoms with Crippen LogP contribution in [-0.2, 0) is 25.5 Å². The molecule has 59 heavy (non-hydrogen) atoms. The van der Waals surface area contributed by atoms with Crippen LogP contribution in [0.3, 0.4) is 0 Å². The van der Waals surface area contributed by atoms with Crippen LogP contribution in [0, 0.1) is 81.3 Å². The normalized spacial score (nSPS) is 55.7. The second-order valence-corrected chi connectivity index (χ2v) is 23.1. The zero-order valence-electron chi connectivity index (χ0n) is 36.3. The van der Waals surface area contributed by atoms with Crippen LogP contribution in [0.2, 0.25) is 0 Å². The van der Waals surface area contributed by atoms with Crippen LogP contribution < -0.4 is 0 Å². The van der Waals surface area contributed by atoms with Crippen molar-refractivity contribution in [2.75, 3.05) is 6.61 Å². The van der Waals surface area contributed by atoms with Crippen molar-refractivity contribution in [3.63, 3.8) is 0 Å². The van der Waals surface area contributed by atoms with Gasteiger partial charge in [-0.05, 0) is 162 Å². The van der Waals surface area contributed by atoms with Crippen molar-refractivity contribution < 1.29 is 43.9 Å². The largest absolute Gasteiger partial charge is 0.469 e. The van der Waals surface area contributed by atoms with Crippen molar-refractivity contribution in [3.05, 3.63) is 46.4 Å². The van der Waals surface area contributed by atoms with E-state index < -0.39 is 22.2 Å². The van der Waals surface area contributed by atoms with Crippen molar-refractivity contribution in [1.29, 1.82) is 0 Å². The van der Waals surface area contributed by atoms with E-state index in [2.05, 4.69) is 32.9 Å². The zero-order valence-corrected chi connectivity index (χ0v) is 36.3. The number of aliphatic hydroxyl groups is 4. The Hall–Kier alpha value is -2.46. The molecule has 0 radical (unpaired) electrons. The van der Waals surface area contributed by atoms with Crippen LogP contribution in [0.5, 0.6) is 0 Å². The summed E-state index contributed by atoms with van der Waals surface area (Å²) in [6.07, 6.45) is 15.4. The fraction of sp³-hybridized carbons (Fsp3) is 0.800. The summed E-state index contributed by atoms with van der Waals surface area (Å²) in [4.78, 5) is 25.7. The minimum atomic E-state index is -0.931. The zero-order chi connectivity index (χ0) is 41.6. The average Bonchev–Trinajstić information content (AvgIpc) is 4.02. The smallest absolute Gasteiger partial charge is 0.309 e. The molecule has 0 aromatic carbocycles. The fourth-order valence-corrected chi connectivity index (χ4v) is 18.6. The molecule has 4 bridgehead atoms. The van der Waals surface area contributed by atoms with E-state index in [1.165, 1.54) is 48.2 Å². The number of esters is 2. The molecule has 11 aliphatic rings. The van der Waals surface area contributed by atoms with Crippen LogP contribution in [-0.4, -0.2) is 68.0 Å². The molecule has 8 fully saturated rings. The Bertz CT molecular complexity index is 2040. The van der Waals surface area contributed by atoms with Crippen molar-refractivity contribution in [3.8, 4) is 0 Å². The first-order valence-corrected chi connectivity index (χ1v) is 23.5. The minimum absolute atomic E-state index is 0.0486. The third kappa shape index (κ3) is 4.78. The molecular formula is C50H68O9. The first-order chi connectivity index (χ1) is 27.8. The van der Waals surface area contributed by atoms with Crippen LogP contribution in [0.15, 0.2) is 39.5 Å². The molecule has 6 saturated carbocycles. The number of allylic oxidation sites excluding steroid dienone is 2. The number of ether oxygens (including phenoxy) is 2. The van der Waals surface area contributed by atoms with Gasteiger partial charge in [-0.15, -0.1) is 0 Å². The number of fused-ring (bicyclic) bond motifs is 12. The molecule has 1 aromatic heterocycles. The second kappa shape index (κ2) is 12.4. The van der Waals surface area contributed by atoms with Gasteiger partial charge in [-0.1, -0.05) is 38.0 Å². The number of hydrogen-bond acceptors (Lipinski definition) is 9. The van der Waals surface area contributed by atoms with Gasteiger partial charge in [0.1, 0.15) is 18.0 Å². The predicted octanol–water partition coefficient (Wildman–Crippen LogP) is 7.44. The minimum Gasteiger partial charge on any atom is -0.469 e. The van der Waals surface area contributed by atoms with Gasteiger partial charge in [0.15, 0.2) is 0 Å². The molecule has 322 valence electrons. The van der Waals surface area contributed by atoms with E-state index >= 15 is 0 Å². The molecule has 1 spiro atoms. The number of aryl methyl sites for hydroxylation is 1. The molecule has 2 aliphatic heterocycles.